The minimum absolute atomic E-state index is 0.141. The molecular formula is C18H16N4O5. The predicted octanol–water partition coefficient (Wildman–Crippen LogP) is 0.579. The predicted molar refractivity (Wildman–Crippen MR) is 98.0 cm³/mol. The second-order valence-electron chi connectivity index (χ2n) is 5.76. The highest BCUT2D eigenvalue weighted by Crippen LogP contribution is 2.07. The van der Waals surface area contributed by atoms with Crippen molar-refractivity contribution in [3.8, 4) is 0 Å². The number of carbonyl (C=O) groups is 1. The van der Waals surface area contributed by atoms with Crippen molar-refractivity contribution in [3.63, 3.8) is 0 Å². The van der Waals surface area contributed by atoms with Gasteiger partial charge < -0.3 is 9.94 Å². The molecule has 3 aromatic rings. The van der Waals surface area contributed by atoms with Gasteiger partial charge in [-0.05, 0) is 11.6 Å². The maximum atomic E-state index is 12.8. The fourth-order valence-electron chi connectivity index (χ4n) is 2.57. The van der Waals surface area contributed by atoms with Crippen LogP contribution >= 0.6 is 0 Å². The van der Waals surface area contributed by atoms with E-state index in [1.54, 1.807) is 7.05 Å². The van der Waals surface area contributed by atoms with Crippen molar-refractivity contribution in [2.45, 2.75) is 6.54 Å². The van der Waals surface area contributed by atoms with Crippen LogP contribution in [-0.2, 0) is 23.2 Å². The van der Waals surface area contributed by atoms with Crippen LogP contribution in [0.15, 0.2) is 57.3 Å². The summed E-state index contributed by atoms with van der Waals surface area (Å²) in [6.07, 6.45) is 2.66. The first-order valence-corrected chi connectivity index (χ1v) is 7.98. The van der Waals surface area contributed by atoms with E-state index in [-0.39, 0.29) is 17.6 Å². The fourth-order valence-corrected chi connectivity index (χ4v) is 2.57. The van der Waals surface area contributed by atoms with Gasteiger partial charge in [0.25, 0.3) is 5.56 Å². The molecule has 27 heavy (non-hydrogen) atoms. The van der Waals surface area contributed by atoms with Gasteiger partial charge in [0.05, 0.1) is 18.1 Å². The quantitative estimate of drug-likeness (QED) is 0.503. The Kier molecular flexibility index (Phi) is 5.11. The van der Waals surface area contributed by atoms with Crippen molar-refractivity contribution in [1.82, 2.24) is 14.1 Å². The van der Waals surface area contributed by atoms with E-state index in [2.05, 4.69) is 15.0 Å². The summed E-state index contributed by atoms with van der Waals surface area (Å²) in [5, 5.41) is 12.3. The maximum absolute atomic E-state index is 12.8. The Bertz CT molecular complexity index is 1130. The summed E-state index contributed by atoms with van der Waals surface area (Å²) in [4.78, 5) is 44.5. The normalized spacial score (nSPS) is 11.1. The first-order valence-electron chi connectivity index (χ1n) is 7.98. The Morgan fingerprint density at radius 3 is 2.74 bits per heavy atom. The van der Waals surface area contributed by atoms with Gasteiger partial charge in [0.2, 0.25) is 6.61 Å². The summed E-state index contributed by atoms with van der Waals surface area (Å²) >= 11 is 0. The zero-order chi connectivity index (χ0) is 19.4. The van der Waals surface area contributed by atoms with Crippen molar-refractivity contribution >= 4 is 23.2 Å². The van der Waals surface area contributed by atoms with E-state index in [1.807, 2.05) is 30.3 Å². The lowest BCUT2D eigenvalue weighted by molar-refractivity contribution is -0.142. The van der Waals surface area contributed by atoms with Crippen LogP contribution in [0.1, 0.15) is 11.1 Å². The van der Waals surface area contributed by atoms with Gasteiger partial charge in [0.15, 0.2) is 0 Å². The summed E-state index contributed by atoms with van der Waals surface area (Å²) < 4.78 is 2.45. The van der Waals surface area contributed by atoms with Crippen molar-refractivity contribution in [3.05, 3.63) is 74.6 Å². The second-order valence-corrected chi connectivity index (χ2v) is 5.76. The molecule has 0 unspecified atom stereocenters. The van der Waals surface area contributed by atoms with Gasteiger partial charge in [-0.2, -0.15) is 0 Å². The van der Waals surface area contributed by atoms with Crippen LogP contribution < -0.4 is 11.2 Å². The fraction of sp³-hybridized carbons (Fsp3) is 0.167. The number of fused-ring (bicyclic) bond motifs is 1. The van der Waals surface area contributed by atoms with E-state index in [4.69, 9.17) is 5.11 Å². The number of hydrogen-bond acceptors (Lipinski definition) is 6. The molecule has 1 N–H and O–H groups in total. The van der Waals surface area contributed by atoms with Crippen LogP contribution in [0.4, 0.5) is 0 Å². The molecule has 0 saturated heterocycles. The Balaban J connectivity index is 2.03. The van der Waals surface area contributed by atoms with Gasteiger partial charge in [0, 0.05) is 18.8 Å². The third kappa shape index (κ3) is 3.92. The highest BCUT2D eigenvalue weighted by atomic mass is 16.6. The third-order valence-electron chi connectivity index (χ3n) is 3.85. The summed E-state index contributed by atoms with van der Waals surface area (Å²) in [7, 11) is 1.54. The van der Waals surface area contributed by atoms with Crippen LogP contribution in [-0.4, -0.2) is 38.0 Å². The Morgan fingerprint density at radius 2 is 2.04 bits per heavy atom. The summed E-state index contributed by atoms with van der Waals surface area (Å²) in [5.74, 6) is -1.15. The standard InChI is InChI=1S/C18H16N4O5/c1-21-16-14(7-13(8-19-16)9-20-27-11-15(23)24)17(25)22(18(21)26)10-12-5-3-2-4-6-12/h2-9H,10-11H2,1H3,(H,23,24). The van der Waals surface area contributed by atoms with Gasteiger partial charge in [-0.3, -0.25) is 13.9 Å². The highest BCUT2D eigenvalue weighted by Gasteiger charge is 2.13. The molecule has 2 aromatic heterocycles. The molecule has 3 rings (SSSR count). The van der Waals surface area contributed by atoms with E-state index in [1.165, 1.54) is 23.0 Å². The molecular weight excluding hydrogens is 352 g/mol. The summed E-state index contributed by atoms with van der Waals surface area (Å²) in [6.45, 7) is -0.432. The molecule has 0 fully saturated rings. The average Bonchev–Trinajstić information content (AvgIpc) is 2.67. The Hall–Kier alpha value is -3.75. The van der Waals surface area contributed by atoms with Gasteiger partial charge >= 0.3 is 11.7 Å². The molecule has 0 atom stereocenters. The molecule has 0 saturated carbocycles. The van der Waals surface area contributed by atoms with Crippen LogP contribution in [0.3, 0.4) is 0 Å². The lowest BCUT2D eigenvalue weighted by atomic mass is 10.2. The number of aromatic nitrogens is 3. The Labute approximate surface area is 152 Å². The molecule has 0 aliphatic heterocycles. The molecule has 0 bridgehead atoms. The molecule has 0 aliphatic rings. The SMILES string of the molecule is Cn1c(=O)n(Cc2ccccc2)c(=O)c2cc(C=NOCC(=O)O)cnc21. The molecule has 9 nitrogen and oxygen atoms in total. The van der Waals surface area contributed by atoms with Gasteiger partial charge in [0.1, 0.15) is 5.65 Å². The maximum Gasteiger partial charge on any atom is 0.344 e. The van der Waals surface area contributed by atoms with Crippen molar-refractivity contribution in [2.75, 3.05) is 6.61 Å². The molecule has 138 valence electrons. The number of nitrogens with zero attached hydrogens (tertiary/aromatic N) is 4. The van der Waals surface area contributed by atoms with Crippen molar-refractivity contribution in [2.24, 2.45) is 12.2 Å². The molecule has 0 amide bonds. The van der Waals surface area contributed by atoms with E-state index in [9.17, 15) is 14.4 Å². The number of carboxylic acids is 1. The highest BCUT2D eigenvalue weighted by molar-refractivity contribution is 5.85. The number of benzene rings is 1. The monoisotopic (exact) mass is 368 g/mol. The number of pyridine rings is 1. The number of hydrogen-bond donors (Lipinski definition) is 1. The van der Waals surface area contributed by atoms with E-state index in [0.717, 1.165) is 10.1 Å². The molecule has 0 radical (unpaired) electrons. The molecule has 9 heteroatoms. The number of rotatable bonds is 6. The molecule has 0 aliphatic carbocycles. The zero-order valence-electron chi connectivity index (χ0n) is 14.4. The van der Waals surface area contributed by atoms with Gasteiger partial charge in [-0.1, -0.05) is 35.5 Å². The first kappa shape index (κ1) is 18.1. The van der Waals surface area contributed by atoms with Crippen LogP contribution in [0.2, 0.25) is 0 Å². The topological polar surface area (TPSA) is 116 Å². The van der Waals surface area contributed by atoms with E-state index in [0.29, 0.717) is 5.56 Å². The average molecular weight is 368 g/mol. The largest absolute Gasteiger partial charge is 0.479 e. The minimum atomic E-state index is -1.15. The van der Waals surface area contributed by atoms with E-state index >= 15 is 0 Å². The number of aryl methyl sites for hydroxylation is 1. The van der Waals surface area contributed by atoms with Gasteiger partial charge in [-0.25, -0.2) is 14.6 Å². The molecule has 2 heterocycles. The summed E-state index contributed by atoms with van der Waals surface area (Å²) in [5.41, 5.74) is 0.581. The number of aliphatic carboxylic acids is 1. The number of oxime groups is 1. The van der Waals surface area contributed by atoms with Crippen LogP contribution in [0, 0.1) is 0 Å². The first-order chi connectivity index (χ1) is 13.0. The third-order valence-corrected chi connectivity index (χ3v) is 3.85. The lowest BCUT2D eigenvalue weighted by Crippen LogP contribution is -2.39. The zero-order valence-corrected chi connectivity index (χ0v) is 14.4. The summed E-state index contributed by atoms with van der Waals surface area (Å²) in [6, 6.07) is 10.7. The Morgan fingerprint density at radius 1 is 1.30 bits per heavy atom. The van der Waals surface area contributed by atoms with E-state index < -0.39 is 23.8 Å². The van der Waals surface area contributed by atoms with Crippen molar-refractivity contribution in [1.29, 1.82) is 0 Å². The molecule has 0 spiro atoms. The van der Waals surface area contributed by atoms with Crippen LogP contribution in [0.5, 0.6) is 0 Å². The van der Waals surface area contributed by atoms with Crippen LogP contribution in [0.25, 0.3) is 11.0 Å². The molecule has 1 aromatic carbocycles. The number of carboxylic acid groups (broad SMARTS) is 1. The lowest BCUT2D eigenvalue weighted by Gasteiger charge is -2.10. The second kappa shape index (κ2) is 7.65. The minimum Gasteiger partial charge on any atom is -0.479 e. The smallest absolute Gasteiger partial charge is 0.344 e. The van der Waals surface area contributed by atoms with Gasteiger partial charge in [-0.15, -0.1) is 0 Å². The van der Waals surface area contributed by atoms with Crippen molar-refractivity contribution < 1.29 is 14.7 Å².